The van der Waals surface area contributed by atoms with Crippen molar-refractivity contribution in [3.63, 3.8) is 0 Å². The van der Waals surface area contributed by atoms with E-state index in [1.54, 1.807) is 6.07 Å². The molecule has 0 aliphatic heterocycles. The molecule has 0 aliphatic carbocycles. The van der Waals surface area contributed by atoms with E-state index in [-0.39, 0.29) is 27.9 Å². The molecule has 32 heavy (non-hydrogen) atoms. The van der Waals surface area contributed by atoms with Crippen molar-refractivity contribution in [3.8, 4) is 17.2 Å². The van der Waals surface area contributed by atoms with Crippen LogP contribution in [0.4, 0.5) is 0 Å². The standard InChI is InChI=1S/C21H27N3O7S/c1-13(2)31-16-9-7-14(11-18(16)30-6)20(25)22-23-21(26)15-8-10-17(29-5)19(12-15)32(27,28)24(3)4/h7-13H,1-6H3,(H,22,25)(H,23,26). The minimum Gasteiger partial charge on any atom is -0.495 e. The molecule has 174 valence electrons. The van der Waals surface area contributed by atoms with Crippen molar-refractivity contribution in [3.05, 3.63) is 47.5 Å². The Kier molecular flexibility index (Phi) is 8.06. The van der Waals surface area contributed by atoms with E-state index >= 15 is 0 Å². The summed E-state index contributed by atoms with van der Waals surface area (Å²) < 4.78 is 42.0. The number of rotatable bonds is 8. The van der Waals surface area contributed by atoms with Gasteiger partial charge in [-0.25, -0.2) is 12.7 Å². The van der Waals surface area contributed by atoms with Gasteiger partial charge in [0.25, 0.3) is 11.8 Å². The van der Waals surface area contributed by atoms with Gasteiger partial charge in [-0.05, 0) is 50.2 Å². The van der Waals surface area contributed by atoms with Crippen molar-refractivity contribution < 1.29 is 32.2 Å². The van der Waals surface area contributed by atoms with Crippen LogP contribution in [-0.2, 0) is 10.0 Å². The summed E-state index contributed by atoms with van der Waals surface area (Å²) in [4.78, 5) is 24.8. The lowest BCUT2D eigenvalue weighted by molar-refractivity contribution is 0.0846. The molecule has 0 atom stereocenters. The average Bonchev–Trinajstić information content (AvgIpc) is 2.76. The minimum absolute atomic E-state index is 0.0183. The summed E-state index contributed by atoms with van der Waals surface area (Å²) in [6.45, 7) is 3.73. The molecule has 2 rings (SSSR count). The van der Waals surface area contributed by atoms with Gasteiger partial charge in [0.1, 0.15) is 10.6 Å². The molecule has 0 heterocycles. The molecule has 2 aromatic carbocycles. The highest BCUT2D eigenvalue weighted by atomic mass is 32.2. The van der Waals surface area contributed by atoms with Crippen LogP contribution < -0.4 is 25.1 Å². The number of nitrogens with zero attached hydrogens (tertiary/aromatic N) is 1. The summed E-state index contributed by atoms with van der Waals surface area (Å²) in [5, 5.41) is 0. The molecule has 2 N–H and O–H groups in total. The monoisotopic (exact) mass is 465 g/mol. The van der Waals surface area contributed by atoms with E-state index in [2.05, 4.69) is 10.9 Å². The Hall–Kier alpha value is -3.31. The molecular formula is C21H27N3O7S. The summed E-state index contributed by atoms with van der Waals surface area (Å²) in [5.41, 5.74) is 4.80. The van der Waals surface area contributed by atoms with E-state index < -0.39 is 21.8 Å². The second-order valence-corrected chi connectivity index (χ2v) is 9.21. The van der Waals surface area contributed by atoms with E-state index in [1.165, 1.54) is 58.6 Å². The Morgan fingerprint density at radius 3 is 1.81 bits per heavy atom. The fraction of sp³-hybridized carbons (Fsp3) is 0.333. The van der Waals surface area contributed by atoms with Crippen molar-refractivity contribution in [1.82, 2.24) is 15.2 Å². The van der Waals surface area contributed by atoms with Gasteiger partial charge in [0.2, 0.25) is 10.0 Å². The van der Waals surface area contributed by atoms with Crippen LogP contribution in [0.3, 0.4) is 0 Å². The number of hydrogen-bond donors (Lipinski definition) is 2. The molecule has 2 amide bonds. The molecule has 0 saturated carbocycles. The molecule has 0 bridgehead atoms. The fourth-order valence-corrected chi connectivity index (χ4v) is 3.71. The van der Waals surface area contributed by atoms with E-state index in [1.807, 2.05) is 13.8 Å². The van der Waals surface area contributed by atoms with E-state index in [0.29, 0.717) is 11.5 Å². The summed E-state index contributed by atoms with van der Waals surface area (Å²) in [7, 11) is 1.66. The van der Waals surface area contributed by atoms with Gasteiger partial charge in [-0.3, -0.25) is 20.4 Å². The zero-order chi connectivity index (χ0) is 24.1. The van der Waals surface area contributed by atoms with Gasteiger partial charge in [-0.1, -0.05) is 0 Å². The summed E-state index contributed by atoms with van der Waals surface area (Å²) in [6.07, 6.45) is -0.0754. The van der Waals surface area contributed by atoms with Gasteiger partial charge >= 0.3 is 0 Å². The first-order chi connectivity index (χ1) is 15.0. The summed E-state index contributed by atoms with van der Waals surface area (Å²) in [5.74, 6) is -0.359. The van der Waals surface area contributed by atoms with Crippen LogP contribution in [0.5, 0.6) is 17.2 Å². The third-order valence-corrected chi connectivity index (χ3v) is 6.10. The van der Waals surface area contributed by atoms with Crippen molar-refractivity contribution in [2.24, 2.45) is 0 Å². The molecule has 10 nitrogen and oxygen atoms in total. The zero-order valence-electron chi connectivity index (χ0n) is 18.8. The van der Waals surface area contributed by atoms with Crippen LogP contribution in [0.15, 0.2) is 41.3 Å². The maximum atomic E-state index is 12.5. The second-order valence-electron chi connectivity index (χ2n) is 7.09. The molecule has 0 aromatic heterocycles. The van der Waals surface area contributed by atoms with E-state index in [9.17, 15) is 18.0 Å². The molecule has 0 radical (unpaired) electrons. The average molecular weight is 466 g/mol. The molecule has 2 aromatic rings. The first kappa shape index (κ1) is 25.0. The number of methoxy groups -OCH3 is 2. The summed E-state index contributed by atoms with van der Waals surface area (Å²) in [6, 6.07) is 8.53. The van der Waals surface area contributed by atoms with Crippen molar-refractivity contribution in [2.45, 2.75) is 24.8 Å². The quantitative estimate of drug-likeness (QED) is 0.570. The number of carbonyl (C=O) groups is 2. The summed E-state index contributed by atoms with van der Waals surface area (Å²) >= 11 is 0. The molecular weight excluding hydrogens is 438 g/mol. The number of nitrogens with one attached hydrogen (secondary N) is 2. The van der Waals surface area contributed by atoms with Crippen molar-refractivity contribution in [1.29, 1.82) is 0 Å². The number of amides is 2. The molecule has 11 heteroatoms. The highest BCUT2D eigenvalue weighted by molar-refractivity contribution is 7.89. The highest BCUT2D eigenvalue weighted by Crippen LogP contribution is 2.29. The maximum Gasteiger partial charge on any atom is 0.269 e. The van der Waals surface area contributed by atoms with E-state index in [0.717, 1.165) is 4.31 Å². The zero-order valence-corrected chi connectivity index (χ0v) is 19.6. The van der Waals surface area contributed by atoms with E-state index in [4.69, 9.17) is 14.2 Å². The smallest absolute Gasteiger partial charge is 0.269 e. The van der Waals surface area contributed by atoms with Crippen LogP contribution in [0, 0.1) is 0 Å². The lowest BCUT2D eigenvalue weighted by atomic mass is 10.2. The van der Waals surface area contributed by atoms with Gasteiger partial charge in [0.05, 0.1) is 20.3 Å². The molecule has 0 fully saturated rings. The Labute approximate surface area is 187 Å². The molecule has 0 spiro atoms. The Balaban J connectivity index is 2.18. The van der Waals surface area contributed by atoms with Crippen LogP contribution >= 0.6 is 0 Å². The number of ether oxygens (including phenoxy) is 3. The molecule has 0 saturated heterocycles. The van der Waals surface area contributed by atoms with Crippen LogP contribution in [0.2, 0.25) is 0 Å². The van der Waals surface area contributed by atoms with Gasteiger partial charge in [0, 0.05) is 25.2 Å². The van der Waals surface area contributed by atoms with Crippen molar-refractivity contribution in [2.75, 3.05) is 28.3 Å². The third kappa shape index (κ3) is 5.68. The van der Waals surface area contributed by atoms with Gasteiger partial charge < -0.3 is 14.2 Å². The van der Waals surface area contributed by atoms with Gasteiger partial charge in [-0.2, -0.15) is 0 Å². The van der Waals surface area contributed by atoms with Gasteiger partial charge in [-0.15, -0.1) is 0 Å². The lowest BCUT2D eigenvalue weighted by Crippen LogP contribution is -2.41. The number of sulfonamides is 1. The predicted molar refractivity (Wildman–Crippen MR) is 118 cm³/mol. The Bertz CT molecular complexity index is 1100. The topological polar surface area (TPSA) is 123 Å². The highest BCUT2D eigenvalue weighted by Gasteiger charge is 2.24. The Morgan fingerprint density at radius 1 is 0.844 bits per heavy atom. The first-order valence-electron chi connectivity index (χ1n) is 9.57. The normalized spacial score (nSPS) is 11.2. The third-order valence-electron chi connectivity index (χ3n) is 4.26. The largest absolute Gasteiger partial charge is 0.495 e. The molecule has 0 aliphatic rings. The number of benzene rings is 2. The second kappa shape index (κ2) is 10.3. The van der Waals surface area contributed by atoms with Crippen LogP contribution in [0.1, 0.15) is 34.6 Å². The predicted octanol–water partition coefficient (Wildman–Crippen LogP) is 1.82. The number of hydrazine groups is 1. The van der Waals surface area contributed by atoms with Crippen LogP contribution in [0.25, 0.3) is 0 Å². The fourth-order valence-electron chi connectivity index (χ4n) is 2.63. The number of carbonyl (C=O) groups excluding carboxylic acids is 2. The SMILES string of the molecule is COc1cc(C(=O)NNC(=O)c2ccc(OC)c(S(=O)(=O)N(C)C)c2)ccc1OC(C)C. The first-order valence-corrected chi connectivity index (χ1v) is 11.0. The minimum atomic E-state index is -3.86. The van der Waals surface area contributed by atoms with Crippen molar-refractivity contribution >= 4 is 21.8 Å². The van der Waals surface area contributed by atoms with Crippen LogP contribution in [-0.4, -0.2) is 59.0 Å². The maximum absolute atomic E-state index is 12.5. The Morgan fingerprint density at radius 2 is 1.34 bits per heavy atom. The number of hydrogen-bond acceptors (Lipinski definition) is 7. The molecule has 0 unspecified atom stereocenters. The van der Waals surface area contributed by atoms with Gasteiger partial charge in [0.15, 0.2) is 11.5 Å². The lowest BCUT2D eigenvalue weighted by Gasteiger charge is -2.16.